The maximum absolute atomic E-state index is 11.5. The van der Waals surface area contributed by atoms with Gasteiger partial charge in [0.25, 0.3) is 9.05 Å². The molecule has 2 aromatic rings. The van der Waals surface area contributed by atoms with Gasteiger partial charge in [-0.25, -0.2) is 18.1 Å². The Morgan fingerprint density at radius 1 is 1.30 bits per heavy atom. The molecule has 0 unspecified atom stereocenters. The van der Waals surface area contributed by atoms with Gasteiger partial charge in [0.15, 0.2) is 0 Å². The van der Waals surface area contributed by atoms with Gasteiger partial charge in [0.1, 0.15) is 23.6 Å². The Morgan fingerprint density at radius 2 is 2.00 bits per heavy atom. The van der Waals surface area contributed by atoms with Gasteiger partial charge in [-0.1, -0.05) is 6.92 Å². The first-order valence-corrected chi connectivity index (χ1v) is 8.51. The molecule has 20 heavy (non-hydrogen) atoms. The van der Waals surface area contributed by atoms with Crippen LogP contribution in [0, 0.1) is 13.8 Å². The standard InChI is InChI=1S/C11H16ClN5O2S/c1-4-5-16-10(13-7-14-16)6-17-9(3)11(8(2)15-17)20(12,18)19/h7H,4-6H2,1-3H3. The molecule has 0 aliphatic rings. The van der Waals surface area contributed by atoms with E-state index in [-0.39, 0.29) is 4.90 Å². The summed E-state index contributed by atoms with van der Waals surface area (Å²) in [5.74, 6) is 0.732. The zero-order chi connectivity index (χ0) is 14.9. The highest BCUT2D eigenvalue weighted by Crippen LogP contribution is 2.23. The minimum atomic E-state index is -3.80. The van der Waals surface area contributed by atoms with Crippen LogP contribution < -0.4 is 0 Å². The summed E-state index contributed by atoms with van der Waals surface area (Å²) < 4.78 is 26.4. The number of aryl methyl sites for hydroxylation is 2. The lowest BCUT2D eigenvalue weighted by molar-refractivity contribution is 0.533. The fourth-order valence-corrected chi connectivity index (χ4v) is 3.65. The van der Waals surface area contributed by atoms with Gasteiger partial charge in [0.05, 0.1) is 11.4 Å². The van der Waals surface area contributed by atoms with Crippen molar-refractivity contribution in [2.75, 3.05) is 0 Å². The second-order valence-corrected chi connectivity index (χ2v) is 7.00. The monoisotopic (exact) mass is 317 g/mol. The number of hydrogen-bond acceptors (Lipinski definition) is 5. The van der Waals surface area contributed by atoms with E-state index in [1.165, 1.54) is 6.33 Å². The van der Waals surface area contributed by atoms with Gasteiger partial charge in [-0.2, -0.15) is 10.2 Å². The lowest BCUT2D eigenvalue weighted by Crippen LogP contribution is -2.12. The van der Waals surface area contributed by atoms with Crippen LogP contribution in [0.1, 0.15) is 30.6 Å². The van der Waals surface area contributed by atoms with Crippen LogP contribution in [0.4, 0.5) is 0 Å². The zero-order valence-electron chi connectivity index (χ0n) is 11.5. The minimum absolute atomic E-state index is 0.0701. The van der Waals surface area contributed by atoms with Gasteiger partial charge in [-0.15, -0.1) is 0 Å². The van der Waals surface area contributed by atoms with Crippen molar-refractivity contribution in [3.8, 4) is 0 Å². The topological polar surface area (TPSA) is 82.7 Å². The Hall–Kier alpha value is -1.41. The second-order valence-electron chi connectivity index (χ2n) is 4.49. The molecule has 0 atom stereocenters. The minimum Gasteiger partial charge on any atom is -0.261 e. The highest BCUT2D eigenvalue weighted by molar-refractivity contribution is 8.13. The van der Waals surface area contributed by atoms with E-state index in [0.29, 0.717) is 17.9 Å². The Bertz CT molecular complexity index is 719. The second kappa shape index (κ2) is 5.53. The predicted octanol–water partition coefficient (Wildman–Crippen LogP) is 1.48. The molecule has 0 bridgehead atoms. The average molecular weight is 318 g/mol. The molecule has 9 heteroatoms. The summed E-state index contributed by atoms with van der Waals surface area (Å²) >= 11 is 0. The molecule has 2 heterocycles. The summed E-state index contributed by atoms with van der Waals surface area (Å²) in [6.45, 7) is 6.46. The number of nitrogens with zero attached hydrogens (tertiary/aromatic N) is 5. The van der Waals surface area contributed by atoms with E-state index in [9.17, 15) is 8.42 Å². The van der Waals surface area contributed by atoms with Gasteiger partial charge < -0.3 is 0 Å². The molecule has 0 saturated carbocycles. The number of aromatic nitrogens is 5. The van der Waals surface area contributed by atoms with Crippen LogP contribution in [0.2, 0.25) is 0 Å². The maximum atomic E-state index is 11.5. The first-order chi connectivity index (χ1) is 9.34. The fourth-order valence-electron chi connectivity index (χ4n) is 2.13. The summed E-state index contributed by atoms with van der Waals surface area (Å²) in [7, 11) is 1.63. The van der Waals surface area contributed by atoms with Crippen LogP contribution in [0.5, 0.6) is 0 Å². The molecule has 0 spiro atoms. The molecule has 0 aliphatic heterocycles. The Balaban J connectivity index is 2.38. The normalized spacial score (nSPS) is 12.0. The van der Waals surface area contributed by atoms with Crippen molar-refractivity contribution in [1.82, 2.24) is 24.5 Å². The van der Waals surface area contributed by atoms with E-state index in [1.807, 2.05) is 6.92 Å². The van der Waals surface area contributed by atoms with Crippen molar-refractivity contribution in [3.05, 3.63) is 23.5 Å². The van der Waals surface area contributed by atoms with Crippen molar-refractivity contribution in [1.29, 1.82) is 0 Å². The Morgan fingerprint density at radius 3 is 2.55 bits per heavy atom. The predicted molar refractivity (Wildman–Crippen MR) is 74.2 cm³/mol. The van der Waals surface area contributed by atoms with Crippen LogP contribution in [0.25, 0.3) is 0 Å². The highest BCUT2D eigenvalue weighted by Gasteiger charge is 2.23. The summed E-state index contributed by atoms with van der Waals surface area (Å²) in [5, 5.41) is 8.35. The van der Waals surface area contributed by atoms with Crippen LogP contribution in [0.3, 0.4) is 0 Å². The van der Waals surface area contributed by atoms with Crippen molar-refractivity contribution < 1.29 is 8.42 Å². The van der Waals surface area contributed by atoms with Crippen LogP contribution in [-0.4, -0.2) is 33.0 Å². The highest BCUT2D eigenvalue weighted by atomic mass is 35.7. The van der Waals surface area contributed by atoms with Crippen molar-refractivity contribution in [2.45, 2.75) is 45.2 Å². The largest absolute Gasteiger partial charge is 0.264 e. The van der Waals surface area contributed by atoms with Crippen molar-refractivity contribution in [2.24, 2.45) is 0 Å². The van der Waals surface area contributed by atoms with Gasteiger partial charge in [-0.3, -0.25) is 4.68 Å². The lowest BCUT2D eigenvalue weighted by atomic mass is 10.4. The lowest BCUT2D eigenvalue weighted by Gasteiger charge is -2.06. The van der Waals surface area contributed by atoms with Crippen molar-refractivity contribution in [3.63, 3.8) is 0 Å². The first kappa shape index (κ1) is 15.0. The molecule has 0 saturated heterocycles. The molecular weight excluding hydrogens is 302 g/mol. The van der Waals surface area contributed by atoms with E-state index >= 15 is 0 Å². The number of rotatable bonds is 5. The van der Waals surface area contributed by atoms with Gasteiger partial charge >= 0.3 is 0 Å². The van der Waals surface area contributed by atoms with Crippen LogP contribution in [0.15, 0.2) is 11.2 Å². The Kier molecular flexibility index (Phi) is 4.14. The molecule has 2 rings (SSSR count). The molecule has 0 N–H and O–H groups in total. The van der Waals surface area contributed by atoms with E-state index in [1.54, 1.807) is 23.2 Å². The smallest absolute Gasteiger partial charge is 0.261 e. The van der Waals surface area contributed by atoms with Crippen LogP contribution >= 0.6 is 10.7 Å². The summed E-state index contributed by atoms with van der Waals surface area (Å²) in [6, 6.07) is 0. The molecule has 0 amide bonds. The summed E-state index contributed by atoms with van der Waals surface area (Å²) in [5.41, 5.74) is 0.891. The van der Waals surface area contributed by atoms with Gasteiger partial charge in [0.2, 0.25) is 0 Å². The third-order valence-electron chi connectivity index (χ3n) is 2.98. The number of halogens is 1. The molecule has 0 fully saturated rings. The van der Waals surface area contributed by atoms with E-state index < -0.39 is 9.05 Å². The molecule has 0 aromatic carbocycles. The third-order valence-corrected chi connectivity index (χ3v) is 4.52. The van der Waals surface area contributed by atoms with E-state index in [0.717, 1.165) is 18.8 Å². The van der Waals surface area contributed by atoms with E-state index in [2.05, 4.69) is 15.2 Å². The third kappa shape index (κ3) is 2.85. The molecular formula is C11H16ClN5O2S. The first-order valence-electron chi connectivity index (χ1n) is 6.20. The number of hydrogen-bond donors (Lipinski definition) is 0. The van der Waals surface area contributed by atoms with E-state index in [4.69, 9.17) is 10.7 Å². The molecule has 0 aliphatic carbocycles. The van der Waals surface area contributed by atoms with Crippen molar-refractivity contribution >= 4 is 19.7 Å². The zero-order valence-corrected chi connectivity index (χ0v) is 13.1. The SMILES string of the molecule is CCCn1ncnc1Cn1nc(C)c(S(=O)(=O)Cl)c1C. The molecule has 0 radical (unpaired) electrons. The Labute approximate surface area is 122 Å². The van der Waals surface area contributed by atoms with Crippen LogP contribution in [-0.2, 0) is 22.1 Å². The average Bonchev–Trinajstić information content (AvgIpc) is 2.85. The quantitative estimate of drug-likeness (QED) is 0.780. The van der Waals surface area contributed by atoms with Gasteiger partial charge in [0, 0.05) is 17.2 Å². The molecule has 110 valence electrons. The summed E-state index contributed by atoms with van der Waals surface area (Å²) in [4.78, 5) is 4.25. The summed E-state index contributed by atoms with van der Waals surface area (Å²) in [6.07, 6.45) is 2.42. The molecule has 2 aromatic heterocycles. The van der Waals surface area contributed by atoms with Gasteiger partial charge in [-0.05, 0) is 20.3 Å². The molecule has 7 nitrogen and oxygen atoms in total. The maximum Gasteiger partial charge on any atom is 0.264 e. The fraction of sp³-hybridized carbons (Fsp3) is 0.545.